The van der Waals surface area contributed by atoms with Gasteiger partial charge in [-0.3, -0.25) is 4.79 Å². The third-order valence-corrected chi connectivity index (χ3v) is 4.80. The number of carbonyl (C=O) groups excluding carboxylic acids is 1. The Morgan fingerprint density at radius 2 is 1.96 bits per heavy atom. The minimum Gasteiger partial charge on any atom is -0.357 e. The monoisotopic (exact) mass is 451 g/mol. The lowest BCUT2D eigenvalue weighted by Gasteiger charge is -2.36. The molecule has 0 atom stereocenters. The van der Waals surface area contributed by atoms with Gasteiger partial charge in [0.25, 0.3) is 0 Å². The van der Waals surface area contributed by atoms with Gasteiger partial charge in [0.1, 0.15) is 5.01 Å². The van der Waals surface area contributed by atoms with E-state index in [0.29, 0.717) is 6.54 Å². The van der Waals surface area contributed by atoms with Gasteiger partial charge in [0.15, 0.2) is 5.96 Å². The molecule has 0 radical (unpaired) electrons. The van der Waals surface area contributed by atoms with Crippen molar-refractivity contribution in [2.45, 2.75) is 33.7 Å². The van der Waals surface area contributed by atoms with E-state index in [2.05, 4.69) is 29.0 Å². The molecule has 0 aromatic carbocycles. The van der Waals surface area contributed by atoms with Crippen LogP contribution >= 0.6 is 35.3 Å². The predicted octanol–water partition coefficient (Wildman–Crippen LogP) is 1.95. The normalized spacial score (nSPS) is 15.3. The molecule has 1 aromatic heterocycles. The van der Waals surface area contributed by atoms with Crippen LogP contribution in [0.4, 0.5) is 0 Å². The van der Waals surface area contributed by atoms with Crippen molar-refractivity contribution in [3.63, 3.8) is 0 Å². The van der Waals surface area contributed by atoms with Gasteiger partial charge in [-0.15, -0.1) is 35.3 Å². The summed E-state index contributed by atoms with van der Waals surface area (Å²) >= 11 is 1.73. The van der Waals surface area contributed by atoms with Crippen LogP contribution in [0, 0.1) is 0 Å². The maximum atomic E-state index is 11.4. The summed E-state index contributed by atoms with van der Waals surface area (Å²) in [5.41, 5.74) is 0. The van der Waals surface area contributed by atoms with Crippen LogP contribution in [0.1, 0.15) is 30.7 Å². The van der Waals surface area contributed by atoms with Gasteiger partial charge < -0.3 is 15.1 Å². The first-order chi connectivity index (χ1) is 10.6. The van der Waals surface area contributed by atoms with Crippen LogP contribution < -0.4 is 5.32 Å². The summed E-state index contributed by atoms with van der Waals surface area (Å²) in [6.45, 7) is 10.5. The number of nitrogens with zero attached hydrogens (tertiary/aromatic N) is 4. The average molecular weight is 451 g/mol. The molecule has 6 nitrogen and oxygen atoms in total. The zero-order chi connectivity index (χ0) is 15.9. The standard InChI is InChI=1S/C15H25N5OS.HI/c1-4-13-10-17-14(22-13)11-18-15(16-5-2)20-8-6-19(7-9-20)12(3)21;/h10H,4-9,11H2,1-3H3,(H,16,18);1H. The molecule has 2 heterocycles. The number of halogens is 1. The highest BCUT2D eigenvalue weighted by Gasteiger charge is 2.20. The SMILES string of the molecule is CCNC(=NCc1ncc(CC)s1)N1CCN(C(C)=O)CC1.I. The predicted molar refractivity (Wildman–Crippen MR) is 106 cm³/mol. The third-order valence-electron chi connectivity index (χ3n) is 3.67. The Morgan fingerprint density at radius 3 is 2.48 bits per heavy atom. The Hall–Kier alpha value is -0.900. The summed E-state index contributed by atoms with van der Waals surface area (Å²) in [6.07, 6.45) is 2.96. The van der Waals surface area contributed by atoms with Crippen molar-refractivity contribution in [3.8, 4) is 0 Å². The number of guanidine groups is 1. The van der Waals surface area contributed by atoms with Crippen molar-refractivity contribution in [1.29, 1.82) is 0 Å². The lowest BCUT2D eigenvalue weighted by molar-refractivity contribution is -0.130. The molecule has 1 saturated heterocycles. The summed E-state index contributed by atoms with van der Waals surface area (Å²) in [7, 11) is 0. The van der Waals surface area contributed by atoms with Crippen molar-refractivity contribution in [2.24, 2.45) is 4.99 Å². The number of thiazole rings is 1. The van der Waals surface area contributed by atoms with E-state index in [1.54, 1.807) is 18.3 Å². The molecular formula is C15H26IN5OS. The van der Waals surface area contributed by atoms with Crippen LogP contribution in [0.5, 0.6) is 0 Å². The Morgan fingerprint density at radius 1 is 1.30 bits per heavy atom. The molecule has 0 unspecified atom stereocenters. The van der Waals surface area contributed by atoms with E-state index < -0.39 is 0 Å². The van der Waals surface area contributed by atoms with Crippen molar-refractivity contribution in [3.05, 3.63) is 16.1 Å². The first-order valence-corrected chi connectivity index (χ1v) is 8.68. The summed E-state index contributed by atoms with van der Waals surface area (Å²) in [4.78, 5) is 25.9. The fourth-order valence-corrected chi connectivity index (χ4v) is 3.17. The first kappa shape index (κ1) is 20.1. The van der Waals surface area contributed by atoms with Crippen molar-refractivity contribution in [1.82, 2.24) is 20.1 Å². The van der Waals surface area contributed by atoms with Crippen LogP contribution in [0.15, 0.2) is 11.2 Å². The molecule has 23 heavy (non-hydrogen) atoms. The quantitative estimate of drug-likeness (QED) is 0.432. The van der Waals surface area contributed by atoms with Crippen molar-refractivity contribution in [2.75, 3.05) is 32.7 Å². The number of carbonyl (C=O) groups is 1. The molecule has 1 aliphatic heterocycles. The largest absolute Gasteiger partial charge is 0.357 e. The van der Waals surface area contributed by atoms with E-state index in [9.17, 15) is 4.79 Å². The average Bonchev–Trinajstić information content (AvgIpc) is 2.99. The molecule has 2 rings (SSSR count). The Bertz CT molecular complexity index is 526. The fourth-order valence-electron chi connectivity index (χ4n) is 2.39. The molecule has 0 spiro atoms. The minimum atomic E-state index is 0. The van der Waals surface area contributed by atoms with Gasteiger partial charge in [-0.25, -0.2) is 9.98 Å². The van der Waals surface area contributed by atoms with Crippen molar-refractivity contribution < 1.29 is 4.79 Å². The number of rotatable bonds is 4. The number of hydrogen-bond acceptors (Lipinski definition) is 4. The van der Waals surface area contributed by atoms with E-state index in [1.165, 1.54) is 4.88 Å². The van der Waals surface area contributed by atoms with Crippen LogP contribution in [-0.2, 0) is 17.8 Å². The maximum Gasteiger partial charge on any atom is 0.219 e. The number of nitrogens with one attached hydrogen (secondary N) is 1. The van der Waals surface area contributed by atoms with E-state index in [4.69, 9.17) is 4.99 Å². The smallest absolute Gasteiger partial charge is 0.219 e. The Balaban J connectivity index is 0.00000264. The molecule has 1 N–H and O–H groups in total. The number of aryl methyl sites for hydroxylation is 1. The second kappa shape index (κ2) is 10.1. The summed E-state index contributed by atoms with van der Waals surface area (Å²) in [5, 5.41) is 4.39. The molecule has 0 aliphatic carbocycles. The molecule has 130 valence electrons. The molecule has 0 bridgehead atoms. The van der Waals surface area contributed by atoms with Gasteiger partial charge in [-0.05, 0) is 13.3 Å². The minimum absolute atomic E-state index is 0. The van der Waals surface area contributed by atoms with Crippen LogP contribution in [0.25, 0.3) is 0 Å². The number of aromatic nitrogens is 1. The van der Waals surface area contributed by atoms with Gasteiger partial charge in [0, 0.05) is 50.7 Å². The zero-order valence-corrected chi connectivity index (χ0v) is 17.2. The molecule has 1 amide bonds. The number of hydrogen-bond donors (Lipinski definition) is 1. The fraction of sp³-hybridized carbons (Fsp3) is 0.667. The van der Waals surface area contributed by atoms with Crippen LogP contribution in [0.3, 0.4) is 0 Å². The number of aliphatic imine (C=N–C) groups is 1. The molecule has 8 heteroatoms. The zero-order valence-electron chi connectivity index (χ0n) is 14.0. The maximum absolute atomic E-state index is 11.4. The van der Waals surface area contributed by atoms with E-state index >= 15 is 0 Å². The van der Waals surface area contributed by atoms with E-state index in [1.807, 2.05) is 11.1 Å². The summed E-state index contributed by atoms with van der Waals surface area (Å²) in [5.74, 6) is 1.07. The van der Waals surface area contributed by atoms with E-state index in [-0.39, 0.29) is 29.9 Å². The van der Waals surface area contributed by atoms with Gasteiger partial charge in [-0.2, -0.15) is 0 Å². The summed E-state index contributed by atoms with van der Waals surface area (Å²) in [6, 6.07) is 0. The molecule has 1 aliphatic rings. The Labute approximate surface area is 159 Å². The molecule has 0 saturated carbocycles. The Kier molecular flexibility index (Phi) is 8.82. The molecular weight excluding hydrogens is 425 g/mol. The van der Waals surface area contributed by atoms with Gasteiger partial charge in [-0.1, -0.05) is 6.92 Å². The lowest BCUT2D eigenvalue weighted by atomic mass is 10.3. The van der Waals surface area contributed by atoms with E-state index in [0.717, 1.165) is 50.1 Å². The highest BCUT2D eigenvalue weighted by atomic mass is 127. The molecule has 1 aromatic rings. The topological polar surface area (TPSA) is 60.8 Å². The van der Waals surface area contributed by atoms with Gasteiger partial charge in [0.2, 0.25) is 5.91 Å². The van der Waals surface area contributed by atoms with Crippen molar-refractivity contribution >= 4 is 47.2 Å². The van der Waals surface area contributed by atoms with Crippen LogP contribution in [-0.4, -0.2) is 59.4 Å². The highest BCUT2D eigenvalue weighted by Crippen LogP contribution is 2.14. The lowest BCUT2D eigenvalue weighted by Crippen LogP contribution is -2.53. The third kappa shape index (κ3) is 5.91. The second-order valence-electron chi connectivity index (χ2n) is 5.24. The highest BCUT2D eigenvalue weighted by molar-refractivity contribution is 14.0. The van der Waals surface area contributed by atoms with Gasteiger partial charge in [0.05, 0.1) is 6.54 Å². The van der Waals surface area contributed by atoms with Crippen LogP contribution in [0.2, 0.25) is 0 Å². The summed E-state index contributed by atoms with van der Waals surface area (Å²) < 4.78 is 0. The van der Waals surface area contributed by atoms with Gasteiger partial charge >= 0.3 is 0 Å². The number of piperazine rings is 1. The second-order valence-corrected chi connectivity index (χ2v) is 6.44. The first-order valence-electron chi connectivity index (χ1n) is 7.86. The molecule has 1 fully saturated rings. The number of amides is 1.